The van der Waals surface area contributed by atoms with Crippen LogP contribution in [0, 0.1) is 5.41 Å². The second-order valence-corrected chi connectivity index (χ2v) is 7.99. The number of nitrogens with zero attached hydrogens (tertiary/aromatic N) is 1. The quantitative estimate of drug-likeness (QED) is 0.599. The zero-order valence-corrected chi connectivity index (χ0v) is 17.2. The number of halogens is 1. The second-order valence-electron chi connectivity index (χ2n) is 7.55. The maximum Gasteiger partial charge on any atom is 0.260 e. The van der Waals surface area contributed by atoms with Gasteiger partial charge in [-0.3, -0.25) is 4.79 Å². The van der Waals surface area contributed by atoms with Crippen molar-refractivity contribution in [2.75, 3.05) is 19.7 Å². The number of carbonyl (C=O) groups excluding carboxylic acids is 1. The van der Waals surface area contributed by atoms with E-state index < -0.39 is 5.60 Å². The van der Waals surface area contributed by atoms with Gasteiger partial charge in [-0.05, 0) is 48.1 Å². The summed E-state index contributed by atoms with van der Waals surface area (Å²) < 4.78 is 5.84. The average Bonchev–Trinajstić information content (AvgIpc) is 2.78. The Kier molecular flexibility index (Phi) is 5.75. The number of carbonyl (C=O) groups is 1. The lowest BCUT2D eigenvalue weighted by molar-refractivity contribution is -0.137. The van der Waals surface area contributed by atoms with Crippen LogP contribution in [-0.2, 0) is 10.4 Å². The number of nitrogens with one attached hydrogen (secondary N) is 1. The van der Waals surface area contributed by atoms with E-state index in [4.69, 9.17) is 21.7 Å². The molecule has 1 saturated heterocycles. The van der Waals surface area contributed by atoms with E-state index in [1.54, 1.807) is 23.1 Å². The van der Waals surface area contributed by atoms with E-state index in [0.717, 1.165) is 21.9 Å². The van der Waals surface area contributed by atoms with Gasteiger partial charge in [0.1, 0.15) is 5.75 Å². The van der Waals surface area contributed by atoms with Crippen molar-refractivity contribution in [1.29, 1.82) is 5.41 Å². The second kappa shape index (κ2) is 8.46. The third kappa shape index (κ3) is 4.04. The van der Waals surface area contributed by atoms with Gasteiger partial charge in [0.2, 0.25) is 0 Å². The summed E-state index contributed by atoms with van der Waals surface area (Å²) in [5.41, 5.74) is 0.691. The Hall–Kier alpha value is -2.89. The number of rotatable bonds is 5. The Morgan fingerprint density at radius 3 is 2.40 bits per heavy atom. The Labute approximate surface area is 180 Å². The van der Waals surface area contributed by atoms with E-state index in [1.807, 2.05) is 42.5 Å². The number of likely N-dealkylation sites (tertiary alicyclic amines) is 1. The summed E-state index contributed by atoms with van der Waals surface area (Å²) in [5.74, 6) is 0.521. The molecular formula is C24H23ClN2O3. The molecule has 2 N–H and O–H groups in total. The number of amides is 1. The molecule has 0 unspecified atom stereocenters. The standard InChI is InChI=1S/C24H23ClN2O3/c25-19-8-6-18(7-9-19)24(29)11-13-27(14-12-24)23(28)16-30-22-10-5-17(15-26)20-3-1-2-4-21(20)22/h1-10,15,26,29H,11-14,16H2. The van der Waals surface area contributed by atoms with Crippen molar-refractivity contribution in [2.45, 2.75) is 18.4 Å². The molecule has 4 rings (SSSR count). The number of aliphatic hydroxyl groups is 1. The first-order valence-corrected chi connectivity index (χ1v) is 10.3. The van der Waals surface area contributed by atoms with Crippen molar-refractivity contribution < 1.29 is 14.6 Å². The van der Waals surface area contributed by atoms with Gasteiger partial charge in [-0.2, -0.15) is 0 Å². The molecule has 0 saturated carbocycles. The Morgan fingerprint density at radius 2 is 1.73 bits per heavy atom. The summed E-state index contributed by atoms with van der Waals surface area (Å²) in [7, 11) is 0. The van der Waals surface area contributed by atoms with Crippen LogP contribution in [0.4, 0.5) is 0 Å². The molecule has 0 spiro atoms. The molecule has 5 nitrogen and oxygen atoms in total. The van der Waals surface area contributed by atoms with Crippen LogP contribution in [0.3, 0.4) is 0 Å². The number of piperidine rings is 1. The third-order valence-corrected chi connectivity index (χ3v) is 6.00. The molecule has 1 fully saturated rings. The average molecular weight is 423 g/mol. The van der Waals surface area contributed by atoms with Gasteiger partial charge >= 0.3 is 0 Å². The number of fused-ring (bicyclic) bond motifs is 1. The molecule has 1 aliphatic heterocycles. The molecule has 0 radical (unpaired) electrons. The highest BCUT2D eigenvalue weighted by atomic mass is 35.5. The van der Waals surface area contributed by atoms with Gasteiger partial charge in [0.25, 0.3) is 5.91 Å². The highest BCUT2D eigenvalue weighted by Gasteiger charge is 2.35. The molecular weight excluding hydrogens is 400 g/mol. The fraction of sp³-hybridized carbons (Fsp3) is 0.250. The van der Waals surface area contributed by atoms with Crippen LogP contribution in [-0.4, -0.2) is 41.8 Å². The van der Waals surface area contributed by atoms with Gasteiger partial charge in [0.15, 0.2) is 6.61 Å². The molecule has 6 heteroatoms. The molecule has 3 aromatic carbocycles. The van der Waals surface area contributed by atoms with E-state index in [1.165, 1.54) is 6.21 Å². The molecule has 1 heterocycles. The van der Waals surface area contributed by atoms with Gasteiger partial charge in [0, 0.05) is 35.3 Å². The van der Waals surface area contributed by atoms with Crippen molar-refractivity contribution in [2.24, 2.45) is 0 Å². The van der Waals surface area contributed by atoms with Crippen molar-refractivity contribution >= 4 is 34.5 Å². The van der Waals surface area contributed by atoms with Crippen molar-refractivity contribution in [3.63, 3.8) is 0 Å². The molecule has 0 aromatic heterocycles. The molecule has 3 aromatic rings. The fourth-order valence-corrected chi connectivity index (χ4v) is 4.08. The third-order valence-electron chi connectivity index (χ3n) is 5.75. The lowest BCUT2D eigenvalue weighted by Gasteiger charge is -2.38. The number of hydrogen-bond donors (Lipinski definition) is 2. The lowest BCUT2D eigenvalue weighted by atomic mass is 9.84. The molecule has 0 bridgehead atoms. The van der Waals surface area contributed by atoms with E-state index >= 15 is 0 Å². The highest BCUT2D eigenvalue weighted by Crippen LogP contribution is 2.33. The Balaban J connectivity index is 1.40. The fourth-order valence-electron chi connectivity index (χ4n) is 3.95. The van der Waals surface area contributed by atoms with Gasteiger partial charge in [-0.25, -0.2) is 0 Å². The lowest BCUT2D eigenvalue weighted by Crippen LogP contribution is -2.46. The van der Waals surface area contributed by atoms with E-state index in [9.17, 15) is 9.90 Å². The maximum absolute atomic E-state index is 12.7. The molecule has 30 heavy (non-hydrogen) atoms. The zero-order chi connectivity index (χ0) is 21.1. The van der Waals surface area contributed by atoms with Gasteiger partial charge < -0.3 is 20.2 Å². The summed E-state index contributed by atoms with van der Waals surface area (Å²) >= 11 is 5.94. The van der Waals surface area contributed by atoms with Gasteiger partial charge in [0.05, 0.1) is 5.60 Å². The van der Waals surface area contributed by atoms with Crippen LogP contribution >= 0.6 is 11.6 Å². The monoisotopic (exact) mass is 422 g/mol. The van der Waals surface area contributed by atoms with Crippen LogP contribution in [0.15, 0.2) is 60.7 Å². The van der Waals surface area contributed by atoms with Crippen LogP contribution in [0.2, 0.25) is 5.02 Å². The van der Waals surface area contributed by atoms with Crippen molar-refractivity contribution in [3.05, 3.63) is 76.8 Å². The molecule has 154 valence electrons. The van der Waals surface area contributed by atoms with Crippen LogP contribution in [0.1, 0.15) is 24.0 Å². The first-order chi connectivity index (χ1) is 14.5. The van der Waals surface area contributed by atoms with E-state index in [0.29, 0.717) is 36.7 Å². The van der Waals surface area contributed by atoms with E-state index in [2.05, 4.69) is 0 Å². The van der Waals surface area contributed by atoms with Crippen LogP contribution < -0.4 is 4.74 Å². The molecule has 0 aliphatic carbocycles. The minimum Gasteiger partial charge on any atom is -0.483 e. The number of hydrogen-bond acceptors (Lipinski definition) is 4. The van der Waals surface area contributed by atoms with Crippen molar-refractivity contribution in [3.8, 4) is 5.75 Å². The van der Waals surface area contributed by atoms with Crippen LogP contribution in [0.5, 0.6) is 5.75 Å². The summed E-state index contributed by atoms with van der Waals surface area (Å²) in [6.07, 6.45) is 2.25. The zero-order valence-electron chi connectivity index (χ0n) is 16.5. The summed E-state index contributed by atoms with van der Waals surface area (Å²) in [5, 5.41) is 21.0. The topological polar surface area (TPSA) is 73.6 Å². The molecule has 1 aliphatic rings. The highest BCUT2D eigenvalue weighted by molar-refractivity contribution is 6.30. The Morgan fingerprint density at radius 1 is 1.07 bits per heavy atom. The number of ether oxygens (including phenoxy) is 1. The van der Waals surface area contributed by atoms with Crippen LogP contribution in [0.25, 0.3) is 10.8 Å². The predicted octanol–water partition coefficient (Wildman–Crippen LogP) is 4.38. The smallest absolute Gasteiger partial charge is 0.260 e. The largest absolute Gasteiger partial charge is 0.483 e. The molecule has 0 atom stereocenters. The first-order valence-electron chi connectivity index (χ1n) is 9.91. The van der Waals surface area contributed by atoms with Gasteiger partial charge in [-0.1, -0.05) is 48.0 Å². The minimum atomic E-state index is -0.943. The summed E-state index contributed by atoms with van der Waals surface area (Å²) in [4.78, 5) is 14.4. The first kappa shape index (κ1) is 20.4. The van der Waals surface area contributed by atoms with Crippen molar-refractivity contribution in [1.82, 2.24) is 4.90 Å². The van der Waals surface area contributed by atoms with E-state index in [-0.39, 0.29) is 12.5 Å². The SMILES string of the molecule is N=Cc1ccc(OCC(=O)N2CCC(O)(c3ccc(Cl)cc3)CC2)c2ccccc12. The maximum atomic E-state index is 12.7. The number of benzene rings is 3. The minimum absolute atomic E-state index is 0.0622. The predicted molar refractivity (Wildman–Crippen MR) is 118 cm³/mol. The van der Waals surface area contributed by atoms with Gasteiger partial charge in [-0.15, -0.1) is 0 Å². The normalized spacial score (nSPS) is 15.7. The molecule has 1 amide bonds. The Bertz CT molecular complexity index is 1070. The summed E-state index contributed by atoms with van der Waals surface area (Å²) in [6, 6.07) is 18.5. The summed E-state index contributed by atoms with van der Waals surface area (Å²) in [6.45, 7) is 0.872.